The van der Waals surface area contributed by atoms with Gasteiger partial charge in [0.2, 0.25) is 0 Å². The molecular formula is C26H32NO4P. The van der Waals surface area contributed by atoms with Gasteiger partial charge in [-0.2, -0.15) is 0 Å². The fraction of sp³-hybridized carbons (Fsp3) is 0.385. The summed E-state index contributed by atoms with van der Waals surface area (Å²) in [5.74, 6) is 4.56. The lowest BCUT2D eigenvalue weighted by molar-refractivity contribution is 0.183. The zero-order valence-corrected chi connectivity index (χ0v) is 20.5. The zero-order valence-electron chi connectivity index (χ0n) is 19.5. The van der Waals surface area contributed by atoms with Gasteiger partial charge in [0.15, 0.2) is 5.76 Å². The van der Waals surface area contributed by atoms with E-state index in [0.29, 0.717) is 26.0 Å². The molecule has 5 nitrogen and oxygen atoms in total. The molecular weight excluding hydrogens is 421 g/mol. The van der Waals surface area contributed by atoms with Crippen molar-refractivity contribution >= 4 is 14.3 Å². The fourth-order valence-electron chi connectivity index (χ4n) is 4.42. The highest BCUT2D eigenvalue weighted by Crippen LogP contribution is 2.41. The number of benzene rings is 1. The molecule has 32 heavy (non-hydrogen) atoms. The van der Waals surface area contributed by atoms with Crippen LogP contribution in [0, 0.1) is 6.92 Å². The van der Waals surface area contributed by atoms with E-state index in [1.165, 1.54) is 24.0 Å². The number of hydrogen-bond acceptors (Lipinski definition) is 5. The molecule has 1 aliphatic heterocycles. The largest absolute Gasteiger partial charge is 0.495 e. The van der Waals surface area contributed by atoms with Crippen molar-refractivity contribution in [3.8, 4) is 11.7 Å². The Labute approximate surface area is 192 Å². The number of methoxy groups -OCH3 is 2. The van der Waals surface area contributed by atoms with Crippen molar-refractivity contribution in [2.45, 2.75) is 51.3 Å². The number of rotatable bonds is 7. The summed E-state index contributed by atoms with van der Waals surface area (Å²) >= 11 is 0. The Morgan fingerprint density at radius 3 is 2.81 bits per heavy atom. The van der Waals surface area contributed by atoms with Crippen molar-refractivity contribution in [1.82, 2.24) is 5.32 Å². The first-order valence-electron chi connectivity index (χ1n) is 10.9. The maximum absolute atomic E-state index is 6.17. The van der Waals surface area contributed by atoms with Crippen LogP contribution in [0.25, 0.3) is 5.70 Å². The maximum atomic E-state index is 6.17. The second-order valence-electron chi connectivity index (χ2n) is 8.93. The Kier molecular flexibility index (Phi) is 6.50. The molecule has 0 saturated heterocycles. The van der Waals surface area contributed by atoms with Crippen molar-refractivity contribution in [2.24, 2.45) is 0 Å². The lowest BCUT2D eigenvalue weighted by Gasteiger charge is -2.33. The number of hydrogen-bond donors (Lipinski definition) is 1. The molecule has 0 bridgehead atoms. The van der Waals surface area contributed by atoms with Crippen LogP contribution >= 0.6 is 8.58 Å². The second-order valence-corrected chi connectivity index (χ2v) is 10.1. The van der Waals surface area contributed by atoms with E-state index < -0.39 is 0 Å². The molecule has 1 aromatic heterocycles. The van der Waals surface area contributed by atoms with E-state index in [9.17, 15) is 0 Å². The Balaban J connectivity index is 1.53. The predicted octanol–water partition coefficient (Wildman–Crippen LogP) is 6.59. The molecule has 0 spiro atoms. The Bertz CT molecular complexity index is 1080. The maximum Gasteiger partial charge on any atom is 0.290 e. The van der Waals surface area contributed by atoms with Crippen LogP contribution in [-0.4, -0.2) is 20.1 Å². The Morgan fingerprint density at radius 1 is 1.25 bits per heavy atom. The van der Waals surface area contributed by atoms with Gasteiger partial charge in [0.05, 0.1) is 18.5 Å². The van der Waals surface area contributed by atoms with Crippen molar-refractivity contribution in [3.63, 3.8) is 0 Å². The van der Waals surface area contributed by atoms with Gasteiger partial charge in [-0.1, -0.05) is 40.9 Å². The number of furan rings is 1. The molecule has 170 valence electrons. The molecule has 0 fully saturated rings. The molecule has 2 atom stereocenters. The van der Waals surface area contributed by atoms with Crippen LogP contribution < -0.4 is 10.1 Å². The summed E-state index contributed by atoms with van der Waals surface area (Å²) in [4.78, 5) is 0. The van der Waals surface area contributed by atoms with Crippen LogP contribution in [-0.2, 0) is 21.3 Å². The van der Waals surface area contributed by atoms with Gasteiger partial charge in [0.1, 0.15) is 17.4 Å². The second kappa shape index (κ2) is 9.17. The Hall–Kier alpha value is -2.49. The van der Waals surface area contributed by atoms with Crippen molar-refractivity contribution < 1.29 is 18.6 Å². The molecule has 2 aromatic rings. The molecule has 1 N–H and O–H groups in total. The molecule has 2 heterocycles. The zero-order chi connectivity index (χ0) is 22.9. The highest BCUT2D eigenvalue weighted by molar-refractivity contribution is 7.42. The topological polar surface area (TPSA) is 52.9 Å². The number of allylic oxidation sites excluding steroid dienone is 1. The minimum absolute atomic E-state index is 0.0983. The summed E-state index contributed by atoms with van der Waals surface area (Å²) in [7, 11) is 3.84. The monoisotopic (exact) mass is 453 g/mol. The van der Waals surface area contributed by atoms with E-state index in [4.69, 9.17) is 18.6 Å². The van der Waals surface area contributed by atoms with Crippen molar-refractivity contribution in [2.75, 3.05) is 14.2 Å². The third kappa shape index (κ3) is 4.51. The third-order valence-corrected chi connectivity index (χ3v) is 7.40. The van der Waals surface area contributed by atoms with E-state index in [1.54, 1.807) is 14.2 Å². The van der Waals surface area contributed by atoms with Gasteiger partial charge in [-0.15, -0.1) is 0 Å². The molecule has 1 aliphatic carbocycles. The van der Waals surface area contributed by atoms with Crippen LogP contribution in [0.4, 0.5) is 0 Å². The average Bonchev–Trinajstić information content (AvgIpc) is 3.23. The van der Waals surface area contributed by atoms with Gasteiger partial charge < -0.3 is 23.9 Å². The number of ether oxygens (including phenoxy) is 3. The first-order valence-corrected chi connectivity index (χ1v) is 12.1. The van der Waals surface area contributed by atoms with E-state index >= 15 is 0 Å². The lowest BCUT2D eigenvalue weighted by atomic mass is 9.72. The van der Waals surface area contributed by atoms with E-state index in [1.807, 2.05) is 18.2 Å². The van der Waals surface area contributed by atoms with Gasteiger partial charge in [-0.25, -0.2) is 0 Å². The fourth-order valence-corrected chi connectivity index (χ4v) is 5.36. The van der Waals surface area contributed by atoms with Gasteiger partial charge in [0.25, 0.3) is 5.95 Å². The quantitative estimate of drug-likeness (QED) is 0.479. The van der Waals surface area contributed by atoms with Gasteiger partial charge in [-0.05, 0) is 66.5 Å². The minimum Gasteiger partial charge on any atom is -0.495 e. The van der Waals surface area contributed by atoms with E-state index in [0.717, 1.165) is 29.2 Å². The molecule has 1 aromatic carbocycles. The molecule has 0 radical (unpaired) electrons. The molecule has 0 saturated carbocycles. The summed E-state index contributed by atoms with van der Waals surface area (Å²) in [5.41, 5.74) is 5.54. The first-order chi connectivity index (χ1) is 15.3. The van der Waals surface area contributed by atoms with Gasteiger partial charge in [0, 0.05) is 13.2 Å². The van der Waals surface area contributed by atoms with Crippen LogP contribution in [0.2, 0.25) is 0 Å². The molecule has 2 aliphatic rings. The minimum atomic E-state index is -0.0983. The summed E-state index contributed by atoms with van der Waals surface area (Å²) in [6, 6.07) is 8.14. The number of nitrogens with one attached hydrogen (secondary N) is 1. The highest BCUT2D eigenvalue weighted by atomic mass is 31.1. The summed E-state index contributed by atoms with van der Waals surface area (Å²) in [6.07, 6.45) is 5.50. The first kappa shape index (κ1) is 22.7. The van der Waals surface area contributed by atoms with E-state index in [2.05, 4.69) is 50.6 Å². The van der Waals surface area contributed by atoms with Crippen LogP contribution in [0.15, 0.2) is 58.6 Å². The van der Waals surface area contributed by atoms with Crippen LogP contribution in [0.1, 0.15) is 49.1 Å². The lowest BCUT2D eigenvalue weighted by Crippen LogP contribution is -2.24. The molecule has 0 amide bonds. The van der Waals surface area contributed by atoms with E-state index in [-0.39, 0.29) is 11.3 Å². The molecule has 4 rings (SSSR count). The van der Waals surface area contributed by atoms with Crippen molar-refractivity contribution in [1.29, 1.82) is 0 Å². The predicted molar refractivity (Wildman–Crippen MR) is 130 cm³/mol. The SMILES string of the molecule is C=C(NC1=C(OC)C=CPC1OC)c1ccc(Oc2cc3c(cc2C)CCCC3(C)C)o1. The summed E-state index contributed by atoms with van der Waals surface area (Å²) in [5, 5.41) is 3.32. The highest BCUT2D eigenvalue weighted by Gasteiger charge is 2.28. The number of fused-ring (bicyclic) bond motifs is 1. The third-order valence-electron chi connectivity index (χ3n) is 6.22. The van der Waals surface area contributed by atoms with Gasteiger partial charge >= 0.3 is 0 Å². The molecule has 2 unspecified atom stereocenters. The van der Waals surface area contributed by atoms with Crippen LogP contribution in [0.3, 0.4) is 0 Å². The average molecular weight is 454 g/mol. The molecule has 6 heteroatoms. The summed E-state index contributed by atoms with van der Waals surface area (Å²) in [6.45, 7) is 10.8. The Morgan fingerprint density at radius 2 is 2.06 bits per heavy atom. The smallest absolute Gasteiger partial charge is 0.290 e. The van der Waals surface area contributed by atoms with Crippen molar-refractivity contribution in [3.05, 3.63) is 76.6 Å². The van der Waals surface area contributed by atoms with Gasteiger partial charge in [-0.3, -0.25) is 0 Å². The summed E-state index contributed by atoms with van der Waals surface area (Å²) < 4.78 is 23.2. The van der Waals surface area contributed by atoms with Crippen LogP contribution in [0.5, 0.6) is 11.7 Å². The number of aryl methyl sites for hydroxylation is 2. The standard InChI is InChI=1S/C26H32NO4P/c1-16-14-18-8-7-12-26(3,4)19(18)15-22(16)31-23-10-9-20(30-23)17(2)27-24-21(28-5)11-13-32-25(24)29-6/h9-11,13-15,25,27,32H,2,7-8,12H2,1,3-6H3. The normalized spacial score (nSPS) is 20.2.